The lowest BCUT2D eigenvalue weighted by Crippen LogP contribution is -2.25. The van der Waals surface area contributed by atoms with Crippen LogP contribution in [0.15, 0.2) is 53.9 Å². The SMILES string of the molecule is CCOc1cccc(C(=O)NCCc2csc(-c3ccc(C)cc3)n2)c1. The van der Waals surface area contributed by atoms with E-state index in [9.17, 15) is 4.79 Å². The van der Waals surface area contributed by atoms with Gasteiger partial charge in [-0.15, -0.1) is 11.3 Å². The lowest BCUT2D eigenvalue weighted by Gasteiger charge is -2.07. The van der Waals surface area contributed by atoms with Gasteiger partial charge in [0.15, 0.2) is 0 Å². The summed E-state index contributed by atoms with van der Waals surface area (Å²) >= 11 is 1.63. The number of amides is 1. The van der Waals surface area contributed by atoms with Crippen LogP contribution in [0.2, 0.25) is 0 Å². The molecule has 5 heteroatoms. The molecule has 0 spiro atoms. The fourth-order valence-corrected chi connectivity index (χ4v) is 3.41. The van der Waals surface area contributed by atoms with Crippen molar-refractivity contribution in [3.63, 3.8) is 0 Å². The summed E-state index contributed by atoms with van der Waals surface area (Å²) in [6.07, 6.45) is 0.708. The minimum atomic E-state index is -0.0967. The quantitative estimate of drug-likeness (QED) is 0.670. The molecule has 1 heterocycles. The molecule has 26 heavy (non-hydrogen) atoms. The van der Waals surface area contributed by atoms with E-state index in [1.54, 1.807) is 23.5 Å². The second-order valence-electron chi connectivity index (χ2n) is 5.98. The summed E-state index contributed by atoms with van der Waals surface area (Å²) in [6, 6.07) is 15.6. The predicted octanol–water partition coefficient (Wildman–Crippen LogP) is 4.49. The van der Waals surface area contributed by atoms with Gasteiger partial charge in [0.2, 0.25) is 0 Å². The summed E-state index contributed by atoms with van der Waals surface area (Å²) in [5.41, 5.74) is 3.97. The van der Waals surface area contributed by atoms with Gasteiger partial charge in [-0.25, -0.2) is 4.98 Å². The summed E-state index contributed by atoms with van der Waals surface area (Å²) in [4.78, 5) is 16.9. The monoisotopic (exact) mass is 366 g/mol. The van der Waals surface area contributed by atoms with E-state index in [1.165, 1.54) is 5.56 Å². The number of hydrogen-bond acceptors (Lipinski definition) is 4. The number of carbonyl (C=O) groups excluding carboxylic acids is 1. The van der Waals surface area contributed by atoms with Crippen LogP contribution in [0.25, 0.3) is 10.6 Å². The van der Waals surface area contributed by atoms with Crippen molar-refractivity contribution in [1.29, 1.82) is 0 Å². The number of aryl methyl sites for hydroxylation is 1. The van der Waals surface area contributed by atoms with Gasteiger partial charge in [0.25, 0.3) is 5.91 Å². The number of ether oxygens (including phenoxy) is 1. The molecule has 1 N–H and O–H groups in total. The van der Waals surface area contributed by atoms with Crippen LogP contribution in [0.1, 0.15) is 28.5 Å². The maximum Gasteiger partial charge on any atom is 0.251 e. The minimum absolute atomic E-state index is 0.0967. The maximum absolute atomic E-state index is 12.3. The van der Waals surface area contributed by atoms with Crippen molar-refractivity contribution in [2.45, 2.75) is 20.3 Å². The van der Waals surface area contributed by atoms with E-state index in [0.29, 0.717) is 30.9 Å². The Morgan fingerprint density at radius 1 is 1.19 bits per heavy atom. The number of thiazole rings is 1. The highest BCUT2D eigenvalue weighted by Gasteiger charge is 2.08. The molecule has 3 aromatic rings. The van der Waals surface area contributed by atoms with Crippen LogP contribution >= 0.6 is 11.3 Å². The third kappa shape index (κ3) is 4.70. The van der Waals surface area contributed by atoms with Gasteiger partial charge in [-0.05, 0) is 32.0 Å². The predicted molar refractivity (Wildman–Crippen MR) is 106 cm³/mol. The van der Waals surface area contributed by atoms with Crippen LogP contribution in [0.5, 0.6) is 5.75 Å². The molecule has 0 atom stereocenters. The van der Waals surface area contributed by atoms with Gasteiger partial charge in [0.1, 0.15) is 10.8 Å². The Kier molecular flexibility index (Phi) is 6.02. The van der Waals surface area contributed by atoms with Crippen LogP contribution in [0.3, 0.4) is 0 Å². The van der Waals surface area contributed by atoms with Crippen LogP contribution in [-0.4, -0.2) is 24.0 Å². The molecule has 0 aliphatic carbocycles. The Labute approximate surface area is 157 Å². The maximum atomic E-state index is 12.3. The molecule has 2 aromatic carbocycles. The van der Waals surface area contributed by atoms with Gasteiger partial charge in [0.05, 0.1) is 12.3 Å². The van der Waals surface area contributed by atoms with Crippen molar-refractivity contribution in [3.05, 3.63) is 70.7 Å². The number of hydrogen-bond donors (Lipinski definition) is 1. The molecule has 0 saturated heterocycles. The molecule has 134 valence electrons. The van der Waals surface area contributed by atoms with Crippen molar-refractivity contribution < 1.29 is 9.53 Å². The first-order chi connectivity index (χ1) is 12.7. The smallest absolute Gasteiger partial charge is 0.251 e. The fraction of sp³-hybridized carbons (Fsp3) is 0.238. The molecule has 4 nitrogen and oxygen atoms in total. The Hall–Kier alpha value is -2.66. The molecule has 0 fully saturated rings. The molecule has 1 amide bonds. The molecule has 0 bridgehead atoms. The number of benzene rings is 2. The normalized spacial score (nSPS) is 10.5. The first-order valence-electron chi connectivity index (χ1n) is 8.68. The first-order valence-corrected chi connectivity index (χ1v) is 9.56. The molecule has 1 aromatic heterocycles. The summed E-state index contributed by atoms with van der Waals surface area (Å²) in [5, 5.41) is 6.01. The van der Waals surface area contributed by atoms with E-state index in [0.717, 1.165) is 16.3 Å². The van der Waals surface area contributed by atoms with E-state index < -0.39 is 0 Å². The third-order valence-corrected chi connectivity index (χ3v) is 4.86. The summed E-state index contributed by atoms with van der Waals surface area (Å²) in [6.45, 7) is 5.13. The van der Waals surface area contributed by atoms with Crippen molar-refractivity contribution in [2.75, 3.05) is 13.2 Å². The van der Waals surface area contributed by atoms with E-state index in [4.69, 9.17) is 4.74 Å². The van der Waals surface area contributed by atoms with E-state index in [1.807, 2.05) is 19.1 Å². The van der Waals surface area contributed by atoms with Gasteiger partial charge >= 0.3 is 0 Å². The van der Waals surface area contributed by atoms with Crippen LogP contribution in [-0.2, 0) is 6.42 Å². The van der Waals surface area contributed by atoms with Gasteiger partial charge in [-0.1, -0.05) is 35.9 Å². The Morgan fingerprint density at radius 3 is 2.77 bits per heavy atom. The number of aromatic nitrogens is 1. The second-order valence-corrected chi connectivity index (χ2v) is 6.83. The van der Waals surface area contributed by atoms with Crippen LogP contribution in [0.4, 0.5) is 0 Å². The zero-order valence-electron chi connectivity index (χ0n) is 15.0. The van der Waals surface area contributed by atoms with E-state index in [2.05, 4.69) is 46.9 Å². The van der Waals surface area contributed by atoms with E-state index >= 15 is 0 Å². The summed E-state index contributed by atoms with van der Waals surface area (Å²) < 4.78 is 5.43. The number of carbonyl (C=O) groups is 1. The number of nitrogens with one attached hydrogen (secondary N) is 1. The Balaban J connectivity index is 1.54. The zero-order valence-corrected chi connectivity index (χ0v) is 15.8. The topological polar surface area (TPSA) is 51.2 Å². The van der Waals surface area contributed by atoms with Crippen molar-refractivity contribution >= 4 is 17.2 Å². The lowest BCUT2D eigenvalue weighted by molar-refractivity contribution is 0.0953. The first kappa shape index (κ1) is 18.1. The summed E-state index contributed by atoms with van der Waals surface area (Å²) in [7, 11) is 0. The third-order valence-electron chi connectivity index (χ3n) is 3.92. The Morgan fingerprint density at radius 2 is 2.00 bits per heavy atom. The molecule has 0 aliphatic heterocycles. The molecular formula is C21H22N2O2S. The average molecular weight is 366 g/mol. The average Bonchev–Trinajstić information content (AvgIpc) is 3.12. The van der Waals surface area contributed by atoms with E-state index in [-0.39, 0.29) is 5.91 Å². The largest absolute Gasteiger partial charge is 0.494 e. The molecule has 0 aliphatic rings. The van der Waals surface area contributed by atoms with Gasteiger partial charge in [0, 0.05) is 29.5 Å². The van der Waals surface area contributed by atoms with Gasteiger partial charge < -0.3 is 10.1 Å². The Bertz CT molecular complexity index is 872. The molecule has 0 radical (unpaired) electrons. The molecule has 3 rings (SSSR count). The van der Waals surface area contributed by atoms with Gasteiger partial charge in [-0.2, -0.15) is 0 Å². The minimum Gasteiger partial charge on any atom is -0.494 e. The fourth-order valence-electron chi connectivity index (χ4n) is 2.55. The molecule has 0 saturated carbocycles. The molecular weight excluding hydrogens is 344 g/mol. The number of rotatable bonds is 7. The summed E-state index contributed by atoms with van der Waals surface area (Å²) in [5.74, 6) is 0.614. The molecule has 0 unspecified atom stereocenters. The van der Waals surface area contributed by atoms with Crippen molar-refractivity contribution in [2.24, 2.45) is 0 Å². The van der Waals surface area contributed by atoms with Crippen molar-refractivity contribution in [1.82, 2.24) is 10.3 Å². The highest BCUT2D eigenvalue weighted by molar-refractivity contribution is 7.13. The van der Waals surface area contributed by atoms with Crippen LogP contribution in [0, 0.1) is 6.92 Å². The second kappa shape index (κ2) is 8.63. The lowest BCUT2D eigenvalue weighted by atomic mass is 10.2. The highest BCUT2D eigenvalue weighted by atomic mass is 32.1. The number of nitrogens with zero attached hydrogens (tertiary/aromatic N) is 1. The highest BCUT2D eigenvalue weighted by Crippen LogP contribution is 2.24. The van der Waals surface area contributed by atoms with Crippen molar-refractivity contribution in [3.8, 4) is 16.3 Å². The zero-order chi connectivity index (χ0) is 18.4. The van der Waals surface area contributed by atoms with Crippen LogP contribution < -0.4 is 10.1 Å². The standard InChI is InChI=1S/C21H22N2O2S/c1-3-25-19-6-4-5-17(13-19)20(24)22-12-11-18-14-26-21(23-18)16-9-7-15(2)8-10-16/h4-10,13-14H,3,11-12H2,1-2H3,(H,22,24). The van der Waals surface area contributed by atoms with Gasteiger partial charge in [-0.3, -0.25) is 4.79 Å².